The number of hydrogen-bond acceptors (Lipinski definition) is 5. The van der Waals surface area contributed by atoms with E-state index in [1.807, 2.05) is 6.07 Å². The molecule has 0 aliphatic carbocycles. The maximum Gasteiger partial charge on any atom is 0.240 e. The molecule has 0 atom stereocenters. The van der Waals surface area contributed by atoms with E-state index < -0.39 is 10.0 Å². The lowest BCUT2D eigenvalue weighted by Gasteiger charge is -2.42. The highest BCUT2D eigenvalue weighted by atomic mass is 32.2. The van der Waals surface area contributed by atoms with Crippen molar-refractivity contribution in [2.75, 3.05) is 52.6 Å². The summed E-state index contributed by atoms with van der Waals surface area (Å²) in [6.45, 7) is 6.05. The molecule has 0 aromatic heterocycles. The average Bonchev–Trinajstić information content (AvgIpc) is 2.63. The molecule has 0 spiro atoms. The predicted octanol–water partition coefficient (Wildman–Crippen LogP) is 1.09. The molecule has 6 nitrogen and oxygen atoms in total. The SMILES string of the molecule is O=S(=O)(NCC1(CN2CCOCC2)CCOCC1)c1ccccc1. The number of morpholine rings is 1. The molecule has 1 aromatic carbocycles. The largest absolute Gasteiger partial charge is 0.381 e. The number of ether oxygens (including phenoxy) is 2. The van der Waals surface area contributed by atoms with Crippen LogP contribution in [0.3, 0.4) is 0 Å². The van der Waals surface area contributed by atoms with Gasteiger partial charge in [-0.2, -0.15) is 0 Å². The molecule has 1 N–H and O–H groups in total. The van der Waals surface area contributed by atoms with Gasteiger partial charge in [0.15, 0.2) is 0 Å². The maximum atomic E-state index is 12.5. The smallest absolute Gasteiger partial charge is 0.240 e. The molecule has 3 rings (SSSR count). The van der Waals surface area contributed by atoms with E-state index in [2.05, 4.69) is 9.62 Å². The van der Waals surface area contributed by atoms with Gasteiger partial charge in [0, 0.05) is 44.8 Å². The van der Waals surface area contributed by atoms with Gasteiger partial charge < -0.3 is 9.47 Å². The minimum absolute atomic E-state index is 0.0720. The van der Waals surface area contributed by atoms with Crippen molar-refractivity contribution in [2.24, 2.45) is 5.41 Å². The van der Waals surface area contributed by atoms with Gasteiger partial charge in [-0.1, -0.05) is 18.2 Å². The average molecular weight is 354 g/mol. The molecule has 24 heavy (non-hydrogen) atoms. The zero-order chi connectivity index (χ0) is 16.9. The van der Waals surface area contributed by atoms with Crippen molar-refractivity contribution >= 4 is 10.0 Å². The Bertz CT molecular complexity index is 609. The zero-order valence-electron chi connectivity index (χ0n) is 13.9. The number of benzene rings is 1. The Morgan fingerprint density at radius 3 is 2.29 bits per heavy atom. The molecule has 2 aliphatic rings. The molecule has 0 amide bonds. The van der Waals surface area contributed by atoms with Crippen molar-refractivity contribution in [3.8, 4) is 0 Å². The van der Waals surface area contributed by atoms with Gasteiger partial charge in [-0.15, -0.1) is 0 Å². The summed E-state index contributed by atoms with van der Waals surface area (Å²) in [4.78, 5) is 2.70. The van der Waals surface area contributed by atoms with Crippen molar-refractivity contribution in [1.29, 1.82) is 0 Å². The standard InChI is InChI=1S/C17H26N2O4S/c20-24(21,16-4-2-1-3-5-16)18-14-17(6-10-22-11-7-17)15-19-8-12-23-13-9-19/h1-5,18H,6-15H2. The molecular formula is C17H26N2O4S. The minimum atomic E-state index is -3.47. The van der Waals surface area contributed by atoms with Crippen LogP contribution >= 0.6 is 0 Å². The number of hydrogen-bond donors (Lipinski definition) is 1. The molecule has 0 radical (unpaired) electrons. The van der Waals surface area contributed by atoms with Crippen LogP contribution in [0, 0.1) is 5.41 Å². The third kappa shape index (κ3) is 4.55. The van der Waals surface area contributed by atoms with Crippen LogP contribution in [-0.2, 0) is 19.5 Å². The molecular weight excluding hydrogens is 328 g/mol. The molecule has 2 saturated heterocycles. The van der Waals surface area contributed by atoms with E-state index >= 15 is 0 Å². The monoisotopic (exact) mass is 354 g/mol. The van der Waals surface area contributed by atoms with Crippen molar-refractivity contribution in [2.45, 2.75) is 17.7 Å². The van der Waals surface area contributed by atoms with Crippen LogP contribution in [0.15, 0.2) is 35.2 Å². The molecule has 1 aromatic rings. The number of sulfonamides is 1. The summed E-state index contributed by atoms with van der Waals surface area (Å²) in [7, 11) is -3.47. The highest BCUT2D eigenvalue weighted by Crippen LogP contribution is 2.31. The van der Waals surface area contributed by atoms with E-state index in [0.29, 0.717) is 24.7 Å². The second-order valence-corrected chi connectivity index (χ2v) is 8.41. The van der Waals surface area contributed by atoms with Crippen LogP contribution < -0.4 is 4.72 Å². The molecule has 134 valence electrons. The first-order chi connectivity index (χ1) is 11.6. The molecule has 0 unspecified atom stereocenters. The number of nitrogens with zero attached hydrogens (tertiary/aromatic N) is 1. The van der Waals surface area contributed by atoms with E-state index in [1.165, 1.54) is 0 Å². The summed E-state index contributed by atoms with van der Waals surface area (Å²) in [5.41, 5.74) is -0.0720. The highest BCUT2D eigenvalue weighted by molar-refractivity contribution is 7.89. The first kappa shape index (κ1) is 17.8. The lowest BCUT2D eigenvalue weighted by atomic mass is 9.79. The van der Waals surface area contributed by atoms with Gasteiger partial charge in [0.2, 0.25) is 10.0 Å². The van der Waals surface area contributed by atoms with Crippen LogP contribution in [0.2, 0.25) is 0 Å². The Labute approximate surface area is 144 Å². The van der Waals surface area contributed by atoms with Crippen molar-refractivity contribution in [3.63, 3.8) is 0 Å². The van der Waals surface area contributed by atoms with Crippen molar-refractivity contribution in [1.82, 2.24) is 9.62 Å². The number of nitrogens with one attached hydrogen (secondary N) is 1. The van der Waals surface area contributed by atoms with E-state index in [9.17, 15) is 8.42 Å². The third-order valence-corrected chi connectivity index (χ3v) is 6.32. The Balaban J connectivity index is 1.67. The van der Waals surface area contributed by atoms with Gasteiger partial charge in [-0.25, -0.2) is 13.1 Å². The van der Waals surface area contributed by atoms with Gasteiger partial charge in [0.05, 0.1) is 18.1 Å². The van der Waals surface area contributed by atoms with E-state index in [0.717, 1.165) is 45.7 Å². The minimum Gasteiger partial charge on any atom is -0.381 e. The van der Waals surface area contributed by atoms with Crippen molar-refractivity contribution in [3.05, 3.63) is 30.3 Å². The Kier molecular flexibility index (Phi) is 5.89. The zero-order valence-corrected chi connectivity index (χ0v) is 14.8. The molecule has 2 aliphatic heterocycles. The maximum absolute atomic E-state index is 12.5. The molecule has 7 heteroatoms. The molecule has 0 saturated carbocycles. The van der Waals surface area contributed by atoms with E-state index in [1.54, 1.807) is 24.3 Å². The van der Waals surface area contributed by atoms with Crippen LogP contribution in [0.25, 0.3) is 0 Å². The lowest BCUT2D eigenvalue weighted by Crippen LogP contribution is -2.50. The Morgan fingerprint density at radius 2 is 1.62 bits per heavy atom. The number of rotatable bonds is 6. The highest BCUT2D eigenvalue weighted by Gasteiger charge is 2.36. The summed E-state index contributed by atoms with van der Waals surface area (Å²) >= 11 is 0. The van der Waals surface area contributed by atoms with Gasteiger partial charge in [0.1, 0.15) is 0 Å². The molecule has 0 bridgehead atoms. The summed E-state index contributed by atoms with van der Waals surface area (Å²) in [5.74, 6) is 0. The fraction of sp³-hybridized carbons (Fsp3) is 0.647. The fourth-order valence-corrected chi connectivity index (χ4v) is 4.54. The van der Waals surface area contributed by atoms with E-state index in [-0.39, 0.29) is 5.41 Å². The predicted molar refractivity (Wildman–Crippen MR) is 91.4 cm³/mol. The van der Waals surface area contributed by atoms with Gasteiger partial charge >= 0.3 is 0 Å². The quantitative estimate of drug-likeness (QED) is 0.828. The summed E-state index contributed by atoms with van der Waals surface area (Å²) in [6.07, 6.45) is 1.75. The summed E-state index contributed by atoms with van der Waals surface area (Å²) in [6, 6.07) is 8.55. The Morgan fingerprint density at radius 1 is 1.00 bits per heavy atom. The van der Waals surface area contributed by atoms with Crippen LogP contribution in [0.5, 0.6) is 0 Å². The first-order valence-electron chi connectivity index (χ1n) is 8.52. The normalized spacial score (nSPS) is 22.3. The Hall–Kier alpha value is -0.990. The van der Waals surface area contributed by atoms with Crippen LogP contribution in [-0.4, -0.2) is 65.9 Å². The molecule has 2 fully saturated rings. The fourth-order valence-electron chi connectivity index (χ4n) is 3.36. The first-order valence-corrected chi connectivity index (χ1v) is 10.0. The van der Waals surface area contributed by atoms with Gasteiger partial charge in [0.25, 0.3) is 0 Å². The second-order valence-electron chi connectivity index (χ2n) is 6.64. The van der Waals surface area contributed by atoms with E-state index in [4.69, 9.17) is 9.47 Å². The second kappa shape index (κ2) is 7.93. The van der Waals surface area contributed by atoms with Crippen LogP contribution in [0.1, 0.15) is 12.8 Å². The van der Waals surface area contributed by atoms with Crippen LogP contribution in [0.4, 0.5) is 0 Å². The van der Waals surface area contributed by atoms with Crippen molar-refractivity contribution < 1.29 is 17.9 Å². The third-order valence-electron chi connectivity index (χ3n) is 4.91. The lowest BCUT2D eigenvalue weighted by molar-refractivity contribution is -0.0270. The molecule has 2 heterocycles. The van der Waals surface area contributed by atoms with Gasteiger partial charge in [-0.3, -0.25) is 4.90 Å². The topological polar surface area (TPSA) is 67.9 Å². The van der Waals surface area contributed by atoms with Gasteiger partial charge in [-0.05, 0) is 25.0 Å². The summed E-state index contributed by atoms with van der Waals surface area (Å²) in [5, 5.41) is 0. The summed E-state index contributed by atoms with van der Waals surface area (Å²) < 4.78 is 38.8.